The third-order valence-electron chi connectivity index (χ3n) is 3.27. The lowest BCUT2D eigenvalue weighted by atomic mass is 10.1. The summed E-state index contributed by atoms with van der Waals surface area (Å²) in [4.78, 5) is 14.9. The van der Waals surface area contributed by atoms with Crippen molar-refractivity contribution in [2.45, 2.75) is 0 Å². The molecule has 0 bridgehead atoms. The Labute approximate surface area is 136 Å². The Hall–Kier alpha value is -2.86. The number of nitro benzene ring substituents is 1. The highest BCUT2D eigenvalue weighted by atomic mass is 35.5. The molecule has 1 aromatic heterocycles. The molecular weight excluding hydrogens is 318 g/mol. The van der Waals surface area contributed by atoms with Crippen LogP contribution in [0.1, 0.15) is 11.5 Å². The van der Waals surface area contributed by atoms with Crippen molar-refractivity contribution in [3.63, 3.8) is 0 Å². The summed E-state index contributed by atoms with van der Waals surface area (Å²) in [7, 11) is 1.64. The van der Waals surface area contributed by atoms with Crippen LogP contribution < -0.4 is 5.32 Å². The first-order valence-electron chi connectivity index (χ1n) is 6.77. The molecule has 0 saturated heterocycles. The van der Waals surface area contributed by atoms with Crippen LogP contribution in [0.3, 0.4) is 0 Å². The van der Waals surface area contributed by atoms with Crippen LogP contribution in [-0.4, -0.2) is 17.0 Å². The van der Waals surface area contributed by atoms with E-state index in [0.29, 0.717) is 33.3 Å². The lowest BCUT2D eigenvalue weighted by Crippen LogP contribution is -1.96. The van der Waals surface area contributed by atoms with Crippen LogP contribution >= 0.6 is 11.6 Å². The van der Waals surface area contributed by atoms with Crippen LogP contribution in [0.4, 0.5) is 11.4 Å². The lowest BCUT2D eigenvalue weighted by molar-refractivity contribution is -0.383. The largest absolute Gasteiger partial charge is 0.437 e. The molecule has 0 fully saturated rings. The number of halogens is 1. The standard InChI is InChI=1S/C16H12ClN3O3/c1-18-12-5-2-10(8-14(12)20(21)22)3-7-16-19-13-9-11(17)4-6-15(13)23-16/h2-9,18H,1H3. The molecule has 1 heterocycles. The first kappa shape index (κ1) is 15.1. The third-order valence-corrected chi connectivity index (χ3v) is 3.51. The molecule has 0 unspecified atom stereocenters. The quantitative estimate of drug-likeness (QED) is 0.558. The fourth-order valence-corrected chi connectivity index (χ4v) is 2.34. The van der Waals surface area contributed by atoms with E-state index < -0.39 is 4.92 Å². The zero-order chi connectivity index (χ0) is 16.4. The first-order valence-corrected chi connectivity index (χ1v) is 7.15. The van der Waals surface area contributed by atoms with Crippen molar-refractivity contribution < 1.29 is 9.34 Å². The van der Waals surface area contributed by atoms with Gasteiger partial charge in [-0.3, -0.25) is 10.1 Å². The molecule has 0 spiro atoms. The van der Waals surface area contributed by atoms with Gasteiger partial charge in [0.25, 0.3) is 5.69 Å². The molecule has 2 aromatic carbocycles. The maximum atomic E-state index is 11.1. The highest BCUT2D eigenvalue weighted by molar-refractivity contribution is 6.31. The van der Waals surface area contributed by atoms with Crippen molar-refractivity contribution in [3.05, 3.63) is 63.0 Å². The van der Waals surface area contributed by atoms with Gasteiger partial charge < -0.3 is 9.73 Å². The summed E-state index contributed by atoms with van der Waals surface area (Å²) >= 11 is 5.91. The van der Waals surface area contributed by atoms with E-state index >= 15 is 0 Å². The second-order valence-electron chi connectivity index (χ2n) is 4.78. The molecule has 116 valence electrons. The third kappa shape index (κ3) is 3.17. The average Bonchev–Trinajstić information content (AvgIpc) is 2.94. The van der Waals surface area contributed by atoms with E-state index in [-0.39, 0.29) is 5.69 Å². The number of nitrogens with zero attached hydrogens (tertiary/aromatic N) is 2. The minimum Gasteiger partial charge on any atom is -0.437 e. The Balaban J connectivity index is 1.92. The topological polar surface area (TPSA) is 81.2 Å². The van der Waals surface area contributed by atoms with E-state index in [1.165, 1.54) is 6.07 Å². The van der Waals surface area contributed by atoms with Crippen molar-refractivity contribution in [2.24, 2.45) is 0 Å². The Morgan fingerprint density at radius 3 is 2.83 bits per heavy atom. The van der Waals surface area contributed by atoms with Crippen LogP contribution in [-0.2, 0) is 0 Å². The second kappa shape index (κ2) is 6.10. The number of benzene rings is 2. The summed E-state index contributed by atoms with van der Waals surface area (Å²) in [6, 6.07) is 10.1. The molecule has 0 radical (unpaired) electrons. The van der Waals surface area contributed by atoms with Crippen LogP contribution in [0.2, 0.25) is 5.02 Å². The molecule has 3 rings (SSSR count). The zero-order valence-corrected chi connectivity index (χ0v) is 12.9. The van der Waals surface area contributed by atoms with E-state index in [1.54, 1.807) is 49.5 Å². The molecule has 0 aliphatic rings. The fourth-order valence-electron chi connectivity index (χ4n) is 2.17. The van der Waals surface area contributed by atoms with E-state index in [9.17, 15) is 10.1 Å². The van der Waals surface area contributed by atoms with Crippen molar-refractivity contribution in [3.8, 4) is 0 Å². The summed E-state index contributed by atoms with van der Waals surface area (Å²) in [6.07, 6.45) is 3.37. The lowest BCUT2D eigenvalue weighted by Gasteiger charge is -2.02. The van der Waals surface area contributed by atoms with Gasteiger partial charge in [-0.2, -0.15) is 0 Å². The van der Waals surface area contributed by atoms with Gasteiger partial charge in [0.2, 0.25) is 5.89 Å². The minimum absolute atomic E-state index is 0.0130. The fraction of sp³-hybridized carbons (Fsp3) is 0.0625. The molecule has 7 heteroatoms. The maximum absolute atomic E-state index is 11.1. The molecule has 0 aliphatic heterocycles. The zero-order valence-electron chi connectivity index (χ0n) is 12.1. The predicted molar refractivity (Wildman–Crippen MR) is 90.6 cm³/mol. The van der Waals surface area contributed by atoms with Gasteiger partial charge in [-0.15, -0.1) is 0 Å². The van der Waals surface area contributed by atoms with E-state index in [1.807, 2.05) is 0 Å². The molecule has 0 saturated carbocycles. The van der Waals surface area contributed by atoms with Gasteiger partial charge in [0.05, 0.1) is 4.92 Å². The van der Waals surface area contributed by atoms with Gasteiger partial charge in [0.1, 0.15) is 11.2 Å². The molecule has 0 aliphatic carbocycles. The smallest absolute Gasteiger partial charge is 0.292 e. The number of anilines is 1. The van der Waals surface area contributed by atoms with Gasteiger partial charge in [0.15, 0.2) is 5.58 Å². The second-order valence-corrected chi connectivity index (χ2v) is 5.22. The summed E-state index contributed by atoms with van der Waals surface area (Å²) in [5.41, 5.74) is 2.44. The van der Waals surface area contributed by atoms with Crippen molar-refractivity contribution >= 4 is 46.2 Å². The van der Waals surface area contributed by atoms with Crippen LogP contribution in [0.5, 0.6) is 0 Å². The number of fused-ring (bicyclic) bond motifs is 1. The van der Waals surface area contributed by atoms with E-state index in [0.717, 1.165) is 0 Å². The summed E-state index contributed by atoms with van der Waals surface area (Å²) in [5.74, 6) is 0.405. The van der Waals surface area contributed by atoms with Crippen molar-refractivity contribution in [1.29, 1.82) is 0 Å². The Morgan fingerprint density at radius 2 is 2.09 bits per heavy atom. The molecule has 23 heavy (non-hydrogen) atoms. The molecule has 6 nitrogen and oxygen atoms in total. The number of aromatic nitrogens is 1. The first-order chi connectivity index (χ1) is 11.1. The van der Waals surface area contributed by atoms with Crippen molar-refractivity contribution in [1.82, 2.24) is 4.98 Å². The summed E-state index contributed by atoms with van der Waals surface area (Å²) in [5, 5.41) is 14.4. The van der Waals surface area contributed by atoms with Crippen LogP contribution in [0.25, 0.3) is 23.3 Å². The highest BCUT2D eigenvalue weighted by Crippen LogP contribution is 2.26. The average molecular weight is 330 g/mol. The summed E-state index contributed by atoms with van der Waals surface area (Å²) in [6.45, 7) is 0. The van der Waals surface area contributed by atoms with Crippen LogP contribution in [0.15, 0.2) is 40.8 Å². The SMILES string of the molecule is CNc1ccc(C=Cc2nc3cc(Cl)ccc3o2)cc1[N+](=O)[O-]. The van der Waals surface area contributed by atoms with Crippen LogP contribution in [0, 0.1) is 10.1 Å². The molecule has 3 aromatic rings. The normalized spacial score (nSPS) is 11.2. The van der Waals surface area contributed by atoms with E-state index in [2.05, 4.69) is 10.3 Å². The Bertz CT molecular complexity index is 918. The minimum atomic E-state index is -0.426. The van der Waals surface area contributed by atoms with Gasteiger partial charge in [-0.25, -0.2) is 4.98 Å². The molecule has 0 amide bonds. The number of oxazole rings is 1. The molecule has 0 atom stereocenters. The van der Waals surface area contributed by atoms with Gasteiger partial charge in [-0.1, -0.05) is 17.7 Å². The Kier molecular flexibility index (Phi) is 3.99. The monoisotopic (exact) mass is 329 g/mol. The predicted octanol–water partition coefficient (Wildman–Crippen LogP) is 4.60. The number of hydrogen-bond donors (Lipinski definition) is 1. The summed E-state index contributed by atoms with van der Waals surface area (Å²) < 4.78 is 5.56. The Morgan fingerprint density at radius 1 is 1.26 bits per heavy atom. The highest BCUT2D eigenvalue weighted by Gasteiger charge is 2.12. The maximum Gasteiger partial charge on any atom is 0.292 e. The molecular formula is C16H12ClN3O3. The van der Waals surface area contributed by atoms with Gasteiger partial charge >= 0.3 is 0 Å². The molecule has 1 N–H and O–H groups in total. The van der Waals surface area contributed by atoms with Gasteiger partial charge in [0, 0.05) is 24.2 Å². The number of hydrogen-bond acceptors (Lipinski definition) is 5. The number of rotatable bonds is 4. The van der Waals surface area contributed by atoms with Crippen molar-refractivity contribution in [2.75, 3.05) is 12.4 Å². The number of nitro groups is 1. The van der Waals surface area contributed by atoms with Gasteiger partial charge in [-0.05, 0) is 35.9 Å². The van der Waals surface area contributed by atoms with E-state index in [4.69, 9.17) is 16.0 Å². The number of nitrogens with one attached hydrogen (secondary N) is 1.